The van der Waals surface area contributed by atoms with Gasteiger partial charge < -0.3 is 9.15 Å². The molecule has 2 aromatic rings. The Morgan fingerprint density at radius 3 is 2.92 bits per heavy atom. The number of anilines is 1. The molecule has 0 bridgehead atoms. The van der Waals surface area contributed by atoms with Crippen molar-refractivity contribution in [3.05, 3.63) is 53.4 Å². The van der Waals surface area contributed by atoms with E-state index in [9.17, 15) is 14.4 Å². The molecular formula is C18H17NO5. The van der Waals surface area contributed by atoms with Crippen molar-refractivity contribution in [2.24, 2.45) is 0 Å². The van der Waals surface area contributed by atoms with Crippen molar-refractivity contribution >= 4 is 28.5 Å². The number of benzene rings is 1. The van der Waals surface area contributed by atoms with Crippen LogP contribution in [-0.2, 0) is 14.3 Å². The molecular weight excluding hydrogens is 310 g/mol. The van der Waals surface area contributed by atoms with E-state index in [-0.39, 0.29) is 12.3 Å². The van der Waals surface area contributed by atoms with Gasteiger partial charge in [0.1, 0.15) is 17.7 Å². The molecule has 0 unspecified atom stereocenters. The molecule has 1 aliphatic heterocycles. The summed E-state index contributed by atoms with van der Waals surface area (Å²) < 4.78 is 10.4. The van der Waals surface area contributed by atoms with Crippen LogP contribution in [0.4, 0.5) is 5.69 Å². The minimum atomic E-state index is -0.759. The van der Waals surface area contributed by atoms with Gasteiger partial charge in [-0.3, -0.25) is 9.69 Å². The summed E-state index contributed by atoms with van der Waals surface area (Å²) in [6.45, 7) is 5.27. The molecule has 0 radical (unpaired) electrons. The van der Waals surface area contributed by atoms with Gasteiger partial charge in [0, 0.05) is 17.9 Å². The number of carbonyl (C=O) groups excluding carboxylic acids is 2. The molecule has 1 fully saturated rings. The van der Waals surface area contributed by atoms with E-state index < -0.39 is 23.7 Å². The summed E-state index contributed by atoms with van der Waals surface area (Å²) in [5.41, 5.74) is 0.166. The highest BCUT2D eigenvalue weighted by atomic mass is 16.5. The SMILES string of the molecule is C=C[C@@H](C)OC(=O)[C@@H]1CCC(=O)N1c1cc(=O)oc2ccccc12. The van der Waals surface area contributed by atoms with E-state index in [1.54, 1.807) is 31.2 Å². The maximum absolute atomic E-state index is 12.4. The standard InChI is InChI=1S/C18H17NO5/c1-3-11(2)23-18(22)13-8-9-16(20)19(13)14-10-17(21)24-15-7-5-4-6-12(14)15/h3-7,10-11,13H,1,8-9H2,2H3/t11-,13+/m1/s1. The zero-order valence-electron chi connectivity index (χ0n) is 13.2. The fourth-order valence-electron chi connectivity index (χ4n) is 2.81. The second kappa shape index (κ2) is 6.31. The van der Waals surface area contributed by atoms with E-state index in [4.69, 9.17) is 9.15 Å². The third-order valence-electron chi connectivity index (χ3n) is 4.01. The highest BCUT2D eigenvalue weighted by Crippen LogP contribution is 2.32. The number of fused-ring (bicyclic) bond motifs is 1. The number of ether oxygens (including phenoxy) is 1. The van der Waals surface area contributed by atoms with Gasteiger partial charge in [0.25, 0.3) is 0 Å². The van der Waals surface area contributed by atoms with Crippen molar-refractivity contribution in [2.45, 2.75) is 31.9 Å². The van der Waals surface area contributed by atoms with Crippen molar-refractivity contribution in [1.82, 2.24) is 0 Å². The van der Waals surface area contributed by atoms with Gasteiger partial charge >= 0.3 is 11.6 Å². The Bertz CT molecular complexity index is 869. The molecule has 24 heavy (non-hydrogen) atoms. The highest BCUT2D eigenvalue weighted by molar-refractivity contribution is 6.07. The van der Waals surface area contributed by atoms with Gasteiger partial charge in [-0.15, -0.1) is 0 Å². The average molecular weight is 327 g/mol. The van der Waals surface area contributed by atoms with Crippen LogP contribution < -0.4 is 10.5 Å². The van der Waals surface area contributed by atoms with E-state index >= 15 is 0 Å². The number of esters is 1. The van der Waals surface area contributed by atoms with E-state index in [0.717, 1.165) is 0 Å². The van der Waals surface area contributed by atoms with Crippen LogP contribution in [-0.4, -0.2) is 24.0 Å². The van der Waals surface area contributed by atoms with Crippen molar-refractivity contribution in [1.29, 1.82) is 0 Å². The molecule has 6 heteroatoms. The second-order valence-corrected chi connectivity index (χ2v) is 5.64. The Morgan fingerprint density at radius 2 is 2.17 bits per heavy atom. The summed E-state index contributed by atoms with van der Waals surface area (Å²) in [7, 11) is 0. The number of carbonyl (C=O) groups is 2. The number of nitrogens with zero attached hydrogens (tertiary/aromatic N) is 1. The average Bonchev–Trinajstić information content (AvgIpc) is 2.95. The number of hydrogen-bond acceptors (Lipinski definition) is 5. The van der Waals surface area contributed by atoms with Crippen LogP contribution >= 0.6 is 0 Å². The Morgan fingerprint density at radius 1 is 1.42 bits per heavy atom. The number of rotatable bonds is 4. The fraction of sp³-hybridized carbons (Fsp3) is 0.278. The van der Waals surface area contributed by atoms with Crippen LogP contribution in [0.2, 0.25) is 0 Å². The van der Waals surface area contributed by atoms with Crippen molar-refractivity contribution < 1.29 is 18.7 Å². The van der Waals surface area contributed by atoms with Crippen LogP contribution in [0.25, 0.3) is 11.0 Å². The van der Waals surface area contributed by atoms with Gasteiger partial charge in [-0.1, -0.05) is 24.8 Å². The number of para-hydroxylation sites is 1. The fourth-order valence-corrected chi connectivity index (χ4v) is 2.81. The lowest BCUT2D eigenvalue weighted by molar-refractivity contribution is -0.147. The third kappa shape index (κ3) is 2.82. The molecule has 124 valence electrons. The third-order valence-corrected chi connectivity index (χ3v) is 4.01. The first-order chi connectivity index (χ1) is 11.5. The summed E-state index contributed by atoms with van der Waals surface area (Å²) in [6, 6.07) is 7.38. The first-order valence-electron chi connectivity index (χ1n) is 7.69. The van der Waals surface area contributed by atoms with Gasteiger partial charge in [0.15, 0.2) is 0 Å². The molecule has 1 aliphatic rings. The molecule has 0 N–H and O–H groups in total. The molecule has 0 spiro atoms. The molecule has 2 heterocycles. The minimum absolute atomic E-state index is 0.219. The van der Waals surface area contributed by atoms with Crippen LogP contribution in [0.15, 0.2) is 52.2 Å². The zero-order chi connectivity index (χ0) is 17.3. The Hall–Kier alpha value is -2.89. The predicted octanol–water partition coefficient (Wildman–Crippen LogP) is 2.41. The first-order valence-corrected chi connectivity index (χ1v) is 7.69. The number of amides is 1. The Kier molecular flexibility index (Phi) is 4.20. The van der Waals surface area contributed by atoms with E-state index in [0.29, 0.717) is 23.1 Å². The predicted molar refractivity (Wildman–Crippen MR) is 88.7 cm³/mol. The summed E-state index contributed by atoms with van der Waals surface area (Å²) in [5, 5.41) is 0.599. The van der Waals surface area contributed by atoms with Crippen LogP contribution in [0.1, 0.15) is 19.8 Å². The van der Waals surface area contributed by atoms with Crippen molar-refractivity contribution in [2.75, 3.05) is 4.90 Å². The van der Waals surface area contributed by atoms with Crippen LogP contribution in [0.3, 0.4) is 0 Å². The van der Waals surface area contributed by atoms with E-state index in [1.165, 1.54) is 17.0 Å². The summed E-state index contributed by atoms with van der Waals surface area (Å²) >= 11 is 0. The maximum atomic E-state index is 12.4. The quantitative estimate of drug-likeness (QED) is 0.489. The molecule has 1 aromatic heterocycles. The zero-order valence-corrected chi connectivity index (χ0v) is 13.2. The molecule has 0 saturated carbocycles. The summed E-state index contributed by atoms with van der Waals surface area (Å²) in [6.07, 6.45) is 1.62. The molecule has 2 atom stereocenters. The van der Waals surface area contributed by atoms with Crippen molar-refractivity contribution in [3.8, 4) is 0 Å². The first kappa shape index (κ1) is 16.0. The van der Waals surface area contributed by atoms with E-state index in [2.05, 4.69) is 6.58 Å². The van der Waals surface area contributed by atoms with E-state index in [1.807, 2.05) is 0 Å². The Labute approximate surface area is 138 Å². The van der Waals surface area contributed by atoms with Crippen LogP contribution in [0, 0.1) is 0 Å². The molecule has 6 nitrogen and oxygen atoms in total. The highest BCUT2D eigenvalue weighted by Gasteiger charge is 2.39. The van der Waals surface area contributed by atoms with Gasteiger partial charge in [0.2, 0.25) is 5.91 Å². The van der Waals surface area contributed by atoms with Gasteiger partial charge in [-0.25, -0.2) is 9.59 Å². The van der Waals surface area contributed by atoms with Gasteiger partial charge in [-0.05, 0) is 25.5 Å². The molecule has 1 saturated heterocycles. The topological polar surface area (TPSA) is 76.8 Å². The Balaban J connectivity index is 2.06. The lowest BCUT2D eigenvalue weighted by atomic mass is 10.1. The lowest BCUT2D eigenvalue weighted by Crippen LogP contribution is -2.41. The minimum Gasteiger partial charge on any atom is -0.457 e. The molecule has 3 rings (SSSR count). The normalized spacial score (nSPS) is 18.6. The summed E-state index contributed by atoms with van der Waals surface area (Å²) in [4.78, 5) is 37.9. The monoisotopic (exact) mass is 327 g/mol. The van der Waals surface area contributed by atoms with Gasteiger partial charge in [-0.2, -0.15) is 0 Å². The molecule has 1 aromatic carbocycles. The second-order valence-electron chi connectivity index (χ2n) is 5.64. The maximum Gasteiger partial charge on any atom is 0.338 e. The largest absolute Gasteiger partial charge is 0.457 e. The van der Waals surface area contributed by atoms with Crippen molar-refractivity contribution in [3.63, 3.8) is 0 Å². The molecule has 1 amide bonds. The van der Waals surface area contributed by atoms with Gasteiger partial charge in [0.05, 0.1) is 5.69 Å². The number of hydrogen-bond donors (Lipinski definition) is 0. The smallest absolute Gasteiger partial charge is 0.338 e. The molecule has 0 aliphatic carbocycles. The summed E-state index contributed by atoms with van der Waals surface area (Å²) in [5.74, 6) is -0.732. The lowest BCUT2D eigenvalue weighted by Gasteiger charge is -2.25. The van der Waals surface area contributed by atoms with Crippen LogP contribution in [0.5, 0.6) is 0 Å².